The number of hydrogen-bond acceptors (Lipinski definition) is 3. The van der Waals surface area contributed by atoms with Crippen molar-refractivity contribution in [1.29, 1.82) is 0 Å². The van der Waals surface area contributed by atoms with Gasteiger partial charge in [-0.1, -0.05) is 36.8 Å². The van der Waals surface area contributed by atoms with Crippen molar-refractivity contribution in [2.45, 2.75) is 51.8 Å². The van der Waals surface area contributed by atoms with Gasteiger partial charge < -0.3 is 5.11 Å². The van der Waals surface area contributed by atoms with Gasteiger partial charge in [-0.3, -0.25) is 9.58 Å². The lowest BCUT2D eigenvalue weighted by molar-refractivity contribution is -0.0277. The highest BCUT2D eigenvalue weighted by Crippen LogP contribution is 2.33. The molecule has 3 rings (SSSR count). The van der Waals surface area contributed by atoms with Crippen molar-refractivity contribution in [2.24, 2.45) is 0 Å². The topological polar surface area (TPSA) is 41.3 Å². The van der Waals surface area contributed by atoms with Crippen LogP contribution in [0.2, 0.25) is 0 Å². The second-order valence-corrected chi connectivity index (χ2v) is 6.79. The van der Waals surface area contributed by atoms with Crippen LogP contribution in [0.5, 0.6) is 0 Å². The fourth-order valence-electron chi connectivity index (χ4n) is 3.33. The normalized spacial score (nSPS) is 18.2. The van der Waals surface area contributed by atoms with Gasteiger partial charge in [0.15, 0.2) is 0 Å². The van der Waals surface area contributed by atoms with Gasteiger partial charge >= 0.3 is 0 Å². The molecule has 1 aliphatic rings. The number of likely N-dealkylation sites (tertiary alicyclic amines) is 1. The summed E-state index contributed by atoms with van der Waals surface area (Å²) in [5.41, 5.74) is 2.88. The number of rotatable bonds is 5. The van der Waals surface area contributed by atoms with E-state index in [0.29, 0.717) is 0 Å². The quantitative estimate of drug-likeness (QED) is 0.922. The number of piperidine rings is 1. The van der Waals surface area contributed by atoms with Gasteiger partial charge in [-0.05, 0) is 31.7 Å². The van der Waals surface area contributed by atoms with Crippen molar-refractivity contribution in [1.82, 2.24) is 14.7 Å². The fraction of sp³-hybridized carbons (Fsp3) is 0.526. The van der Waals surface area contributed by atoms with E-state index in [1.54, 1.807) is 0 Å². The SMILES string of the molecule is CCCn1cc(CN2CCC(O)(c3ccc(C)cc3)CC2)cn1. The standard InChI is InChI=1S/C19H27N3O/c1-3-10-22-15-17(13-20-22)14-21-11-8-19(23,9-12-21)18-6-4-16(2)5-7-18/h4-7,13,15,23H,3,8-12,14H2,1-2H3. The maximum atomic E-state index is 10.9. The van der Waals surface area contributed by atoms with Crippen LogP contribution in [0.25, 0.3) is 0 Å². The Labute approximate surface area is 138 Å². The van der Waals surface area contributed by atoms with E-state index in [-0.39, 0.29) is 0 Å². The van der Waals surface area contributed by atoms with Gasteiger partial charge in [-0.25, -0.2) is 0 Å². The Morgan fingerprint density at radius 3 is 2.52 bits per heavy atom. The van der Waals surface area contributed by atoms with E-state index in [0.717, 1.165) is 51.0 Å². The molecule has 4 nitrogen and oxygen atoms in total. The zero-order chi connectivity index (χ0) is 16.3. The number of aromatic nitrogens is 2. The maximum absolute atomic E-state index is 10.9. The molecule has 1 fully saturated rings. The third-order valence-corrected chi connectivity index (χ3v) is 4.82. The van der Waals surface area contributed by atoms with Gasteiger partial charge in [0.2, 0.25) is 0 Å². The van der Waals surface area contributed by atoms with Crippen molar-refractivity contribution >= 4 is 0 Å². The molecular formula is C19H27N3O. The minimum Gasteiger partial charge on any atom is -0.385 e. The first-order valence-corrected chi connectivity index (χ1v) is 8.62. The highest BCUT2D eigenvalue weighted by molar-refractivity contribution is 5.27. The molecule has 0 aliphatic carbocycles. The van der Waals surface area contributed by atoms with Gasteiger partial charge in [-0.2, -0.15) is 5.10 Å². The molecule has 0 saturated carbocycles. The molecule has 0 bridgehead atoms. The summed E-state index contributed by atoms with van der Waals surface area (Å²) in [6.07, 6.45) is 6.80. The lowest BCUT2D eigenvalue weighted by Crippen LogP contribution is -2.42. The van der Waals surface area contributed by atoms with E-state index < -0.39 is 5.60 Å². The zero-order valence-electron chi connectivity index (χ0n) is 14.2. The molecule has 124 valence electrons. The monoisotopic (exact) mass is 313 g/mol. The lowest BCUT2D eigenvalue weighted by Gasteiger charge is -2.38. The van der Waals surface area contributed by atoms with Crippen molar-refractivity contribution in [3.63, 3.8) is 0 Å². The Kier molecular flexibility index (Phi) is 4.83. The van der Waals surface area contributed by atoms with E-state index >= 15 is 0 Å². The van der Waals surface area contributed by atoms with Crippen LogP contribution < -0.4 is 0 Å². The van der Waals surface area contributed by atoms with E-state index in [2.05, 4.69) is 54.3 Å². The van der Waals surface area contributed by atoms with Gasteiger partial charge in [-0.15, -0.1) is 0 Å². The minimum absolute atomic E-state index is 0.670. The van der Waals surface area contributed by atoms with E-state index in [4.69, 9.17) is 0 Å². The molecule has 23 heavy (non-hydrogen) atoms. The highest BCUT2D eigenvalue weighted by Gasteiger charge is 2.33. The van der Waals surface area contributed by atoms with E-state index in [9.17, 15) is 5.11 Å². The van der Waals surface area contributed by atoms with Crippen molar-refractivity contribution in [3.8, 4) is 0 Å². The Morgan fingerprint density at radius 1 is 1.17 bits per heavy atom. The Hall–Kier alpha value is -1.65. The third-order valence-electron chi connectivity index (χ3n) is 4.82. The van der Waals surface area contributed by atoms with Gasteiger partial charge in [0.05, 0.1) is 11.8 Å². The predicted octanol–water partition coefficient (Wildman–Crippen LogP) is 3.09. The first kappa shape index (κ1) is 16.2. The van der Waals surface area contributed by atoms with Crippen molar-refractivity contribution < 1.29 is 5.11 Å². The predicted molar refractivity (Wildman–Crippen MR) is 92.1 cm³/mol. The smallest absolute Gasteiger partial charge is 0.0920 e. The maximum Gasteiger partial charge on any atom is 0.0920 e. The van der Waals surface area contributed by atoms with Crippen LogP contribution in [0.1, 0.15) is 42.9 Å². The van der Waals surface area contributed by atoms with E-state index in [1.807, 2.05) is 10.9 Å². The second-order valence-electron chi connectivity index (χ2n) is 6.79. The molecule has 1 saturated heterocycles. The first-order valence-electron chi connectivity index (χ1n) is 8.62. The van der Waals surface area contributed by atoms with Crippen LogP contribution in [0.3, 0.4) is 0 Å². The molecule has 0 unspecified atom stereocenters. The fourth-order valence-corrected chi connectivity index (χ4v) is 3.33. The molecule has 1 aliphatic heterocycles. The number of aliphatic hydroxyl groups is 1. The summed E-state index contributed by atoms with van der Waals surface area (Å²) in [4.78, 5) is 2.41. The molecule has 2 aromatic rings. The van der Waals surface area contributed by atoms with Crippen molar-refractivity contribution in [3.05, 3.63) is 53.3 Å². The number of benzene rings is 1. The summed E-state index contributed by atoms with van der Waals surface area (Å²) < 4.78 is 2.02. The lowest BCUT2D eigenvalue weighted by atomic mass is 9.84. The molecule has 0 radical (unpaired) electrons. The summed E-state index contributed by atoms with van der Waals surface area (Å²) in [5, 5.41) is 15.3. The summed E-state index contributed by atoms with van der Waals surface area (Å²) in [6.45, 7) is 7.99. The minimum atomic E-state index is -0.670. The summed E-state index contributed by atoms with van der Waals surface area (Å²) in [7, 11) is 0. The van der Waals surface area contributed by atoms with E-state index in [1.165, 1.54) is 11.1 Å². The Bertz CT molecular complexity index is 624. The third kappa shape index (κ3) is 3.82. The highest BCUT2D eigenvalue weighted by atomic mass is 16.3. The Morgan fingerprint density at radius 2 is 1.87 bits per heavy atom. The first-order chi connectivity index (χ1) is 11.1. The number of hydrogen-bond donors (Lipinski definition) is 1. The van der Waals surface area contributed by atoms with Crippen molar-refractivity contribution in [2.75, 3.05) is 13.1 Å². The second kappa shape index (κ2) is 6.85. The van der Waals surface area contributed by atoms with Crippen LogP contribution in [-0.4, -0.2) is 32.9 Å². The van der Waals surface area contributed by atoms with Gasteiger partial charge in [0, 0.05) is 37.9 Å². The Balaban J connectivity index is 1.58. The van der Waals surface area contributed by atoms with Crippen LogP contribution in [0.15, 0.2) is 36.7 Å². The average Bonchev–Trinajstić information content (AvgIpc) is 2.98. The molecule has 2 heterocycles. The zero-order valence-corrected chi connectivity index (χ0v) is 14.2. The van der Waals surface area contributed by atoms with Crippen LogP contribution in [0.4, 0.5) is 0 Å². The molecule has 0 spiro atoms. The molecule has 1 aromatic heterocycles. The molecule has 1 N–H and O–H groups in total. The summed E-state index contributed by atoms with van der Waals surface area (Å²) in [5.74, 6) is 0. The van der Waals surface area contributed by atoms with Gasteiger partial charge in [0.25, 0.3) is 0 Å². The molecule has 0 amide bonds. The molecule has 1 aromatic carbocycles. The number of aryl methyl sites for hydroxylation is 2. The largest absolute Gasteiger partial charge is 0.385 e. The summed E-state index contributed by atoms with van der Waals surface area (Å²) >= 11 is 0. The average molecular weight is 313 g/mol. The molecule has 0 atom stereocenters. The van der Waals surface area contributed by atoms with Crippen LogP contribution >= 0.6 is 0 Å². The van der Waals surface area contributed by atoms with Crippen LogP contribution in [-0.2, 0) is 18.7 Å². The summed E-state index contributed by atoms with van der Waals surface area (Å²) in [6, 6.07) is 8.31. The van der Waals surface area contributed by atoms with Crippen LogP contribution in [0, 0.1) is 6.92 Å². The van der Waals surface area contributed by atoms with Gasteiger partial charge in [0.1, 0.15) is 0 Å². The molecule has 4 heteroatoms. The molecular weight excluding hydrogens is 286 g/mol. The number of nitrogens with zero attached hydrogens (tertiary/aromatic N) is 3.